The zero-order chi connectivity index (χ0) is 16.1. The van der Waals surface area contributed by atoms with Gasteiger partial charge in [0.05, 0.1) is 7.11 Å². The average molecular weight is 310 g/mol. The second-order valence-electron chi connectivity index (χ2n) is 5.79. The third kappa shape index (κ3) is 3.90. The number of pyridine rings is 1. The molecule has 1 aromatic heterocycles. The van der Waals surface area contributed by atoms with Crippen LogP contribution in [0.1, 0.15) is 30.0 Å². The first kappa shape index (κ1) is 15.6. The van der Waals surface area contributed by atoms with Crippen LogP contribution in [-0.2, 0) is 0 Å². The highest BCUT2D eigenvalue weighted by atomic mass is 16.5. The van der Waals surface area contributed by atoms with Gasteiger partial charge < -0.3 is 14.6 Å². The minimum atomic E-state index is 0.0776. The lowest BCUT2D eigenvalue weighted by Crippen LogP contribution is -2.33. The van der Waals surface area contributed by atoms with Crippen molar-refractivity contribution in [3.05, 3.63) is 64.1 Å². The highest BCUT2D eigenvalue weighted by molar-refractivity contribution is 5.69. The maximum absolute atomic E-state index is 12.3. The first-order valence-corrected chi connectivity index (χ1v) is 8.01. The molecule has 1 fully saturated rings. The van der Waals surface area contributed by atoms with E-state index in [0.717, 1.165) is 42.8 Å². The van der Waals surface area contributed by atoms with E-state index in [9.17, 15) is 4.79 Å². The Kier molecular flexibility index (Phi) is 4.93. The summed E-state index contributed by atoms with van der Waals surface area (Å²) in [4.78, 5) is 12.3. The molecule has 1 aromatic carbocycles. The predicted octanol–water partition coefficient (Wildman–Crippen LogP) is 2.95. The number of benzene rings is 1. The van der Waals surface area contributed by atoms with Crippen LogP contribution < -0.4 is 15.6 Å². The zero-order valence-corrected chi connectivity index (χ0v) is 13.4. The van der Waals surface area contributed by atoms with Gasteiger partial charge in [0.25, 0.3) is 5.56 Å². The number of piperidine rings is 1. The summed E-state index contributed by atoms with van der Waals surface area (Å²) in [5, 5.41) is 3.33. The van der Waals surface area contributed by atoms with Gasteiger partial charge in [-0.1, -0.05) is 24.3 Å². The van der Waals surface area contributed by atoms with E-state index in [1.54, 1.807) is 13.2 Å². The number of nitrogens with zero attached hydrogens (tertiary/aromatic N) is 1. The number of hydrogen-bond acceptors (Lipinski definition) is 3. The average Bonchev–Trinajstić information content (AvgIpc) is 2.61. The van der Waals surface area contributed by atoms with Crippen LogP contribution in [0.4, 0.5) is 0 Å². The van der Waals surface area contributed by atoms with E-state index in [0.29, 0.717) is 6.04 Å². The highest BCUT2D eigenvalue weighted by Gasteiger charge is 2.15. The lowest BCUT2D eigenvalue weighted by atomic mass is 10.1. The molecule has 1 aliphatic heterocycles. The molecule has 2 aromatic rings. The van der Waals surface area contributed by atoms with Crippen LogP contribution in [0.3, 0.4) is 0 Å². The van der Waals surface area contributed by atoms with Crippen LogP contribution in [0.5, 0.6) is 5.75 Å². The van der Waals surface area contributed by atoms with Crippen molar-refractivity contribution >= 4 is 12.2 Å². The normalized spacial score (nSPS) is 15.9. The van der Waals surface area contributed by atoms with Crippen molar-refractivity contribution in [2.45, 2.75) is 18.9 Å². The molecule has 0 atom stereocenters. The number of nitrogens with one attached hydrogen (secondary N) is 1. The summed E-state index contributed by atoms with van der Waals surface area (Å²) < 4.78 is 7.01. The van der Waals surface area contributed by atoms with E-state index in [4.69, 9.17) is 4.74 Å². The van der Waals surface area contributed by atoms with Crippen molar-refractivity contribution in [2.75, 3.05) is 20.2 Å². The fourth-order valence-corrected chi connectivity index (χ4v) is 2.90. The van der Waals surface area contributed by atoms with Gasteiger partial charge in [0.15, 0.2) is 0 Å². The molecule has 120 valence electrons. The van der Waals surface area contributed by atoms with Crippen molar-refractivity contribution in [1.29, 1.82) is 0 Å². The predicted molar refractivity (Wildman–Crippen MR) is 93.8 cm³/mol. The number of aromatic nitrogens is 1. The summed E-state index contributed by atoms with van der Waals surface area (Å²) in [7, 11) is 1.65. The van der Waals surface area contributed by atoms with Gasteiger partial charge in [0.1, 0.15) is 5.75 Å². The smallest absolute Gasteiger partial charge is 0.251 e. The van der Waals surface area contributed by atoms with Gasteiger partial charge in [-0.15, -0.1) is 0 Å². The summed E-state index contributed by atoms with van der Waals surface area (Å²) in [6.07, 6.45) is 7.92. The van der Waals surface area contributed by atoms with Gasteiger partial charge in [0, 0.05) is 18.3 Å². The number of methoxy groups -OCH3 is 1. The maximum atomic E-state index is 12.3. The molecule has 4 heteroatoms. The van der Waals surface area contributed by atoms with Crippen molar-refractivity contribution in [2.24, 2.45) is 0 Å². The molecular weight excluding hydrogens is 288 g/mol. The Balaban J connectivity index is 1.74. The van der Waals surface area contributed by atoms with E-state index in [1.807, 2.05) is 53.2 Å². The maximum Gasteiger partial charge on any atom is 0.251 e. The molecule has 4 nitrogen and oxygen atoms in total. The van der Waals surface area contributed by atoms with E-state index < -0.39 is 0 Å². The van der Waals surface area contributed by atoms with Crippen LogP contribution in [0.2, 0.25) is 0 Å². The van der Waals surface area contributed by atoms with Crippen LogP contribution in [-0.4, -0.2) is 24.8 Å². The standard InChI is InChI=1S/C19H22N2O2/c1-23-18-6-4-15(5-7-18)2-3-16-10-13-21(19(22)14-16)17-8-11-20-12-9-17/h2-7,10,13-14,17,20H,8-9,11-12H2,1H3/b3-2+. The second-order valence-corrected chi connectivity index (χ2v) is 5.79. The third-order valence-corrected chi connectivity index (χ3v) is 4.26. The SMILES string of the molecule is COc1ccc(/C=C/c2ccn(C3CCNCC3)c(=O)c2)cc1. The molecular formula is C19H22N2O2. The number of hydrogen-bond donors (Lipinski definition) is 1. The molecule has 23 heavy (non-hydrogen) atoms. The summed E-state index contributed by atoms with van der Waals surface area (Å²) >= 11 is 0. The Bertz CT molecular complexity index is 726. The molecule has 0 amide bonds. The Morgan fingerprint density at radius 2 is 1.78 bits per heavy atom. The van der Waals surface area contributed by atoms with Gasteiger partial charge in [0.2, 0.25) is 0 Å². The lowest BCUT2D eigenvalue weighted by molar-refractivity contribution is 0.361. The molecule has 1 saturated heterocycles. The van der Waals surface area contributed by atoms with Crippen LogP contribution in [0.25, 0.3) is 12.2 Å². The first-order valence-electron chi connectivity index (χ1n) is 8.01. The van der Waals surface area contributed by atoms with Gasteiger partial charge in [-0.05, 0) is 55.3 Å². The van der Waals surface area contributed by atoms with Crippen LogP contribution in [0, 0.1) is 0 Å². The molecule has 3 rings (SSSR count). The van der Waals surface area contributed by atoms with Crippen molar-refractivity contribution in [3.8, 4) is 5.75 Å². The summed E-state index contributed by atoms with van der Waals surface area (Å²) in [5.41, 5.74) is 2.08. The molecule has 0 bridgehead atoms. The van der Waals surface area contributed by atoms with Crippen molar-refractivity contribution in [1.82, 2.24) is 9.88 Å². The largest absolute Gasteiger partial charge is 0.497 e. The Morgan fingerprint density at radius 3 is 2.43 bits per heavy atom. The zero-order valence-electron chi connectivity index (χ0n) is 13.4. The van der Waals surface area contributed by atoms with Gasteiger partial charge in [-0.3, -0.25) is 4.79 Å². The molecule has 0 radical (unpaired) electrons. The fraction of sp³-hybridized carbons (Fsp3) is 0.316. The fourth-order valence-electron chi connectivity index (χ4n) is 2.90. The summed E-state index contributed by atoms with van der Waals surface area (Å²) in [5.74, 6) is 0.840. The van der Waals surface area contributed by atoms with Crippen LogP contribution in [0.15, 0.2) is 47.4 Å². The van der Waals surface area contributed by atoms with Gasteiger partial charge >= 0.3 is 0 Å². The number of rotatable bonds is 4. The van der Waals surface area contributed by atoms with E-state index in [1.165, 1.54) is 0 Å². The van der Waals surface area contributed by atoms with Crippen molar-refractivity contribution in [3.63, 3.8) is 0 Å². The van der Waals surface area contributed by atoms with E-state index in [2.05, 4.69) is 5.32 Å². The quantitative estimate of drug-likeness (QED) is 0.944. The third-order valence-electron chi connectivity index (χ3n) is 4.26. The Morgan fingerprint density at radius 1 is 1.09 bits per heavy atom. The Hall–Kier alpha value is -2.33. The highest BCUT2D eigenvalue weighted by Crippen LogP contribution is 2.17. The molecule has 1 aliphatic rings. The molecule has 0 spiro atoms. The second kappa shape index (κ2) is 7.29. The van der Waals surface area contributed by atoms with E-state index >= 15 is 0 Å². The first-order chi connectivity index (χ1) is 11.3. The lowest BCUT2D eigenvalue weighted by Gasteiger charge is -2.24. The van der Waals surface area contributed by atoms with Crippen LogP contribution >= 0.6 is 0 Å². The molecule has 0 saturated carbocycles. The van der Waals surface area contributed by atoms with Gasteiger partial charge in [-0.25, -0.2) is 0 Å². The van der Waals surface area contributed by atoms with Gasteiger partial charge in [-0.2, -0.15) is 0 Å². The minimum absolute atomic E-state index is 0.0776. The minimum Gasteiger partial charge on any atom is -0.497 e. The Labute approximate surface area is 136 Å². The molecule has 0 aliphatic carbocycles. The topological polar surface area (TPSA) is 43.3 Å². The monoisotopic (exact) mass is 310 g/mol. The van der Waals surface area contributed by atoms with Crippen molar-refractivity contribution < 1.29 is 4.74 Å². The molecule has 2 heterocycles. The number of ether oxygens (including phenoxy) is 1. The summed E-state index contributed by atoms with van der Waals surface area (Å²) in [6.45, 7) is 1.96. The van der Waals surface area contributed by atoms with E-state index in [-0.39, 0.29) is 5.56 Å². The molecule has 1 N–H and O–H groups in total. The molecule has 0 unspecified atom stereocenters. The summed E-state index contributed by atoms with van der Waals surface area (Å²) in [6, 6.07) is 11.9.